The van der Waals surface area contributed by atoms with E-state index in [9.17, 15) is 5.11 Å². The molecule has 0 fully saturated rings. The van der Waals surface area contributed by atoms with Gasteiger partial charge in [0, 0.05) is 0 Å². The summed E-state index contributed by atoms with van der Waals surface area (Å²) in [6, 6.07) is 0. The molecule has 0 amide bonds. The average molecular weight is 200 g/mol. The Labute approximate surface area is 89.9 Å². The second-order valence-electron chi connectivity index (χ2n) is 5.35. The minimum Gasteiger partial charge on any atom is -0.393 e. The van der Waals surface area contributed by atoms with Crippen LogP contribution in [0.25, 0.3) is 0 Å². The van der Waals surface area contributed by atoms with Gasteiger partial charge in [-0.1, -0.05) is 53.9 Å². The van der Waals surface area contributed by atoms with Gasteiger partial charge in [-0.3, -0.25) is 0 Å². The summed E-state index contributed by atoms with van der Waals surface area (Å²) >= 11 is 0. The maximum atomic E-state index is 9.85. The van der Waals surface area contributed by atoms with Crippen molar-refractivity contribution in [3.63, 3.8) is 0 Å². The van der Waals surface area contributed by atoms with Crippen LogP contribution >= 0.6 is 0 Å². The predicted molar refractivity (Wildman–Crippen MR) is 63.3 cm³/mol. The van der Waals surface area contributed by atoms with E-state index in [2.05, 4.69) is 34.6 Å². The van der Waals surface area contributed by atoms with Crippen molar-refractivity contribution in [3.05, 3.63) is 0 Å². The highest BCUT2D eigenvalue weighted by atomic mass is 16.3. The summed E-state index contributed by atoms with van der Waals surface area (Å²) in [4.78, 5) is 0. The van der Waals surface area contributed by atoms with E-state index in [1.807, 2.05) is 0 Å². The highest BCUT2D eigenvalue weighted by molar-refractivity contribution is 4.67. The molecular weight excluding hydrogens is 172 g/mol. The molecule has 0 bridgehead atoms. The Kier molecular flexibility index (Phi) is 7.26. The zero-order chi connectivity index (χ0) is 11.1. The SMILES string of the molecule is CC(C)CCCCC(O)[C@@H](C)C(C)C. The summed E-state index contributed by atoms with van der Waals surface area (Å²) in [5.74, 6) is 1.83. The summed E-state index contributed by atoms with van der Waals surface area (Å²) in [6.45, 7) is 11.0. The Morgan fingerprint density at radius 2 is 1.36 bits per heavy atom. The normalized spacial score (nSPS) is 16.3. The molecule has 0 radical (unpaired) electrons. The fourth-order valence-electron chi connectivity index (χ4n) is 1.61. The van der Waals surface area contributed by atoms with Gasteiger partial charge in [-0.25, -0.2) is 0 Å². The summed E-state index contributed by atoms with van der Waals surface area (Å²) in [7, 11) is 0. The van der Waals surface area contributed by atoms with Crippen LogP contribution in [0.5, 0.6) is 0 Å². The maximum absolute atomic E-state index is 9.85. The third-order valence-electron chi connectivity index (χ3n) is 3.19. The van der Waals surface area contributed by atoms with Crippen molar-refractivity contribution in [3.8, 4) is 0 Å². The van der Waals surface area contributed by atoms with Crippen molar-refractivity contribution >= 4 is 0 Å². The first-order valence-corrected chi connectivity index (χ1v) is 6.13. The lowest BCUT2D eigenvalue weighted by atomic mass is 9.89. The van der Waals surface area contributed by atoms with Crippen molar-refractivity contribution in [2.24, 2.45) is 17.8 Å². The molecular formula is C13H28O. The first kappa shape index (κ1) is 14.0. The van der Waals surface area contributed by atoms with Gasteiger partial charge < -0.3 is 5.11 Å². The molecule has 0 aliphatic rings. The van der Waals surface area contributed by atoms with E-state index in [1.165, 1.54) is 19.3 Å². The van der Waals surface area contributed by atoms with Gasteiger partial charge in [-0.2, -0.15) is 0 Å². The zero-order valence-corrected chi connectivity index (χ0v) is 10.6. The quantitative estimate of drug-likeness (QED) is 0.619. The van der Waals surface area contributed by atoms with Gasteiger partial charge in [0.25, 0.3) is 0 Å². The molecule has 1 heteroatoms. The molecule has 0 aromatic heterocycles. The Balaban J connectivity index is 3.48. The topological polar surface area (TPSA) is 20.2 Å². The first-order chi connectivity index (χ1) is 6.45. The molecule has 1 N–H and O–H groups in total. The molecule has 2 atom stereocenters. The van der Waals surface area contributed by atoms with E-state index < -0.39 is 0 Å². The van der Waals surface area contributed by atoms with Gasteiger partial charge in [0.2, 0.25) is 0 Å². The van der Waals surface area contributed by atoms with Crippen molar-refractivity contribution < 1.29 is 5.11 Å². The molecule has 86 valence electrons. The Bertz CT molecular complexity index is 129. The number of unbranched alkanes of at least 4 members (excludes halogenated alkanes) is 1. The lowest BCUT2D eigenvalue weighted by Gasteiger charge is -2.22. The van der Waals surface area contributed by atoms with E-state index in [4.69, 9.17) is 0 Å². The van der Waals surface area contributed by atoms with Crippen LogP contribution in [-0.2, 0) is 0 Å². The van der Waals surface area contributed by atoms with Gasteiger partial charge in [0.05, 0.1) is 6.10 Å². The number of hydrogen-bond acceptors (Lipinski definition) is 1. The number of aliphatic hydroxyl groups is 1. The lowest BCUT2D eigenvalue weighted by Crippen LogP contribution is -2.22. The smallest absolute Gasteiger partial charge is 0.0568 e. The van der Waals surface area contributed by atoms with Crippen LogP contribution in [0.4, 0.5) is 0 Å². The van der Waals surface area contributed by atoms with Gasteiger partial charge in [-0.15, -0.1) is 0 Å². The molecule has 0 aliphatic carbocycles. The fraction of sp³-hybridized carbons (Fsp3) is 1.00. The van der Waals surface area contributed by atoms with Crippen LogP contribution in [0, 0.1) is 17.8 Å². The zero-order valence-electron chi connectivity index (χ0n) is 10.6. The van der Waals surface area contributed by atoms with Crippen LogP contribution in [0.15, 0.2) is 0 Å². The molecule has 1 unspecified atom stereocenters. The highest BCUT2D eigenvalue weighted by Crippen LogP contribution is 2.19. The average Bonchev–Trinajstić information content (AvgIpc) is 2.10. The molecule has 0 spiro atoms. The summed E-state index contributed by atoms with van der Waals surface area (Å²) in [6.07, 6.45) is 4.62. The molecule has 0 aromatic carbocycles. The van der Waals surface area contributed by atoms with Gasteiger partial charge >= 0.3 is 0 Å². The van der Waals surface area contributed by atoms with Gasteiger partial charge in [0.15, 0.2) is 0 Å². The second kappa shape index (κ2) is 7.28. The Hall–Kier alpha value is -0.0400. The van der Waals surface area contributed by atoms with Crippen molar-refractivity contribution in [1.29, 1.82) is 0 Å². The number of aliphatic hydroxyl groups excluding tert-OH is 1. The van der Waals surface area contributed by atoms with Crippen LogP contribution in [0.1, 0.15) is 60.3 Å². The van der Waals surface area contributed by atoms with Crippen LogP contribution in [0.2, 0.25) is 0 Å². The molecule has 1 nitrogen and oxygen atoms in total. The molecule has 14 heavy (non-hydrogen) atoms. The largest absolute Gasteiger partial charge is 0.393 e. The van der Waals surface area contributed by atoms with Crippen molar-refractivity contribution in [2.45, 2.75) is 66.4 Å². The van der Waals surface area contributed by atoms with Crippen LogP contribution < -0.4 is 0 Å². The standard InChI is InChI=1S/C13H28O/c1-10(2)8-6-7-9-13(14)12(5)11(3)4/h10-14H,6-9H2,1-5H3/t12-,13?/m0/s1. The van der Waals surface area contributed by atoms with E-state index in [-0.39, 0.29) is 6.10 Å². The lowest BCUT2D eigenvalue weighted by molar-refractivity contribution is 0.0811. The highest BCUT2D eigenvalue weighted by Gasteiger charge is 2.16. The van der Waals surface area contributed by atoms with Gasteiger partial charge in [0.1, 0.15) is 0 Å². The minimum atomic E-state index is -0.0952. The van der Waals surface area contributed by atoms with E-state index in [1.54, 1.807) is 0 Å². The molecule has 0 saturated carbocycles. The van der Waals surface area contributed by atoms with E-state index >= 15 is 0 Å². The monoisotopic (exact) mass is 200 g/mol. The fourth-order valence-corrected chi connectivity index (χ4v) is 1.61. The van der Waals surface area contributed by atoms with Crippen LogP contribution in [0.3, 0.4) is 0 Å². The number of rotatable bonds is 7. The van der Waals surface area contributed by atoms with E-state index in [0.29, 0.717) is 11.8 Å². The number of hydrogen-bond donors (Lipinski definition) is 1. The Morgan fingerprint density at radius 1 is 0.857 bits per heavy atom. The molecule has 0 aliphatic heterocycles. The Morgan fingerprint density at radius 3 is 1.79 bits per heavy atom. The minimum absolute atomic E-state index is 0.0952. The summed E-state index contributed by atoms with van der Waals surface area (Å²) in [5.41, 5.74) is 0. The third kappa shape index (κ3) is 6.42. The third-order valence-corrected chi connectivity index (χ3v) is 3.19. The molecule has 0 rings (SSSR count). The van der Waals surface area contributed by atoms with Crippen molar-refractivity contribution in [1.82, 2.24) is 0 Å². The first-order valence-electron chi connectivity index (χ1n) is 6.13. The molecule has 0 heterocycles. The molecule has 0 saturated heterocycles. The summed E-state index contributed by atoms with van der Waals surface area (Å²) in [5, 5.41) is 9.85. The molecule has 0 aromatic rings. The van der Waals surface area contributed by atoms with Gasteiger partial charge in [-0.05, 0) is 24.2 Å². The maximum Gasteiger partial charge on any atom is 0.0568 e. The van der Waals surface area contributed by atoms with E-state index in [0.717, 1.165) is 12.3 Å². The second-order valence-corrected chi connectivity index (χ2v) is 5.35. The summed E-state index contributed by atoms with van der Waals surface area (Å²) < 4.78 is 0. The predicted octanol–water partition coefficient (Wildman–Crippen LogP) is 3.86. The van der Waals surface area contributed by atoms with Crippen LogP contribution in [-0.4, -0.2) is 11.2 Å². The van der Waals surface area contributed by atoms with Crippen molar-refractivity contribution in [2.75, 3.05) is 0 Å².